The molecule has 36 heavy (non-hydrogen) atoms. The van der Waals surface area contributed by atoms with Gasteiger partial charge in [-0.3, -0.25) is 9.32 Å². The Balaban J connectivity index is 1.48. The molecule has 9 nitrogen and oxygen atoms in total. The summed E-state index contributed by atoms with van der Waals surface area (Å²) in [6, 6.07) is 8.93. The number of ether oxygens (including phenoxy) is 1. The van der Waals surface area contributed by atoms with Crippen molar-refractivity contribution in [1.82, 2.24) is 4.90 Å². The molecule has 1 fully saturated rings. The molecule has 1 aromatic carbocycles. The van der Waals surface area contributed by atoms with Crippen LogP contribution in [0.1, 0.15) is 44.6 Å². The van der Waals surface area contributed by atoms with E-state index in [1.54, 1.807) is 12.2 Å². The smallest absolute Gasteiger partial charge is 0.382 e. The van der Waals surface area contributed by atoms with Gasteiger partial charge >= 0.3 is 19.5 Å². The fourth-order valence-electron chi connectivity index (χ4n) is 4.55. The topological polar surface area (TPSA) is 119 Å². The average molecular weight is 515 g/mol. The van der Waals surface area contributed by atoms with Gasteiger partial charge in [-0.25, -0.2) is 14.2 Å². The van der Waals surface area contributed by atoms with Gasteiger partial charge in [0, 0.05) is 6.54 Å². The van der Waals surface area contributed by atoms with Gasteiger partial charge in [0.25, 0.3) is 11.9 Å². The number of likely N-dealkylation sites (tertiary alicyclic amines) is 1. The normalized spacial score (nSPS) is 21.5. The average Bonchev–Trinajstić information content (AvgIpc) is 3.48. The number of allylic oxidation sites excluding steroid dienone is 3. The fourth-order valence-corrected chi connectivity index (χ4v) is 6.37. The molecule has 2 aliphatic heterocycles. The van der Waals surface area contributed by atoms with Crippen molar-refractivity contribution in [2.45, 2.75) is 57.6 Å². The lowest BCUT2D eigenvalue weighted by Gasteiger charge is -2.27. The van der Waals surface area contributed by atoms with E-state index < -0.39 is 37.6 Å². The van der Waals surface area contributed by atoms with Crippen molar-refractivity contribution in [3.8, 4) is 0 Å². The number of aryl methyl sites for hydroxylation is 1. The monoisotopic (exact) mass is 515 g/mol. The molecule has 0 bridgehead atoms. The SMILES string of the molecule is CC(OP(=O)(CCCCc1ccccc1)OC1=C2CC=CC=C2C(=O)O1)C(=O)N1CCC[C@H]1C(=O)O. The Morgan fingerprint density at radius 2 is 2.03 bits per heavy atom. The van der Waals surface area contributed by atoms with Crippen molar-refractivity contribution >= 4 is 25.4 Å². The number of benzene rings is 1. The maximum Gasteiger partial charge on any atom is 0.382 e. The van der Waals surface area contributed by atoms with Crippen molar-refractivity contribution < 1.29 is 37.8 Å². The molecule has 10 heteroatoms. The summed E-state index contributed by atoms with van der Waals surface area (Å²) in [6.45, 7) is 1.73. The minimum Gasteiger partial charge on any atom is -0.480 e. The Labute approximate surface area is 209 Å². The summed E-state index contributed by atoms with van der Waals surface area (Å²) in [7, 11) is -3.95. The third-order valence-electron chi connectivity index (χ3n) is 6.40. The van der Waals surface area contributed by atoms with E-state index in [0.29, 0.717) is 49.8 Å². The summed E-state index contributed by atoms with van der Waals surface area (Å²) in [5.41, 5.74) is 1.97. The van der Waals surface area contributed by atoms with Gasteiger partial charge in [0.2, 0.25) is 0 Å². The fraction of sp³-hybridized carbons (Fsp3) is 0.423. The summed E-state index contributed by atoms with van der Waals surface area (Å²) >= 11 is 0. The summed E-state index contributed by atoms with van der Waals surface area (Å²) in [5, 5.41) is 9.43. The summed E-state index contributed by atoms with van der Waals surface area (Å²) in [6.07, 6.45) is 7.22. The Morgan fingerprint density at radius 3 is 2.78 bits per heavy atom. The number of hydrogen-bond acceptors (Lipinski definition) is 7. The number of carbonyl (C=O) groups is 3. The second kappa shape index (κ2) is 11.3. The zero-order valence-electron chi connectivity index (χ0n) is 20.1. The van der Waals surface area contributed by atoms with Gasteiger partial charge in [-0.15, -0.1) is 0 Å². The molecule has 0 spiro atoms. The number of cyclic esters (lactones) is 1. The van der Waals surface area contributed by atoms with E-state index >= 15 is 0 Å². The predicted octanol–water partition coefficient (Wildman–Crippen LogP) is 4.35. The molecule has 1 N–H and O–H groups in total. The number of unbranched alkanes of at least 4 members (excludes halogenated alkanes) is 1. The molecule has 1 aliphatic carbocycles. The van der Waals surface area contributed by atoms with Gasteiger partial charge in [-0.05, 0) is 57.1 Å². The molecule has 192 valence electrons. The van der Waals surface area contributed by atoms with Crippen LogP contribution < -0.4 is 0 Å². The first kappa shape index (κ1) is 25.9. The first-order valence-electron chi connectivity index (χ1n) is 12.1. The molecule has 1 saturated heterocycles. The number of carboxylic acids is 1. The summed E-state index contributed by atoms with van der Waals surface area (Å²) < 4.78 is 30.7. The minimum absolute atomic E-state index is 0.00301. The van der Waals surface area contributed by atoms with Crippen molar-refractivity contribution in [3.63, 3.8) is 0 Å². The van der Waals surface area contributed by atoms with Crippen LogP contribution in [0, 0.1) is 0 Å². The Bertz CT molecular complexity index is 1160. The van der Waals surface area contributed by atoms with E-state index in [1.807, 2.05) is 36.4 Å². The number of nitrogens with zero attached hydrogens (tertiary/aromatic N) is 1. The van der Waals surface area contributed by atoms with Crippen LogP contribution in [0.3, 0.4) is 0 Å². The second-order valence-electron chi connectivity index (χ2n) is 9.01. The number of aliphatic carboxylic acids is 1. The number of carboxylic acid groups (broad SMARTS) is 1. The highest BCUT2D eigenvalue weighted by atomic mass is 31.2. The molecule has 0 saturated carbocycles. The molecule has 0 aromatic heterocycles. The van der Waals surface area contributed by atoms with Crippen LogP contribution in [0.2, 0.25) is 0 Å². The lowest BCUT2D eigenvalue weighted by molar-refractivity contribution is -0.151. The Morgan fingerprint density at radius 1 is 1.25 bits per heavy atom. The zero-order chi connectivity index (χ0) is 25.7. The lowest BCUT2D eigenvalue weighted by atomic mass is 10.0. The molecule has 1 amide bonds. The van der Waals surface area contributed by atoms with E-state index in [0.717, 1.165) is 12.0 Å². The van der Waals surface area contributed by atoms with Crippen molar-refractivity contribution in [2.75, 3.05) is 12.7 Å². The molecule has 4 rings (SSSR count). The Hall–Kier alpha value is -3.16. The van der Waals surface area contributed by atoms with E-state index in [4.69, 9.17) is 13.8 Å². The molecule has 2 unspecified atom stereocenters. The van der Waals surface area contributed by atoms with Crippen LogP contribution in [0.25, 0.3) is 0 Å². The molecule has 1 aromatic rings. The maximum atomic E-state index is 13.9. The molecular weight excluding hydrogens is 485 g/mol. The predicted molar refractivity (Wildman–Crippen MR) is 131 cm³/mol. The zero-order valence-corrected chi connectivity index (χ0v) is 21.0. The maximum absolute atomic E-state index is 13.9. The number of amides is 1. The van der Waals surface area contributed by atoms with Crippen molar-refractivity contribution in [2.24, 2.45) is 0 Å². The summed E-state index contributed by atoms with van der Waals surface area (Å²) in [4.78, 5) is 38.0. The van der Waals surface area contributed by atoms with Crippen LogP contribution >= 0.6 is 7.60 Å². The highest BCUT2D eigenvalue weighted by Gasteiger charge is 2.41. The number of carbonyl (C=O) groups excluding carboxylic acids is 2. The quantitative estimate of drug-likeness (QED) is 0.262. The van der Waals surface area contributed by atoms with Crippen LogP contribution in [-0.2, 0) is 39.2 Å². The third kappa shape index (κ3) is 5.97. The number of hydrogen-bond donors (Lipinski definition) is 1. The number of rotatable bonds is 11. The highest BCUT2D eigenvalue weighted by molar-refractivity contribution is 7.54. The van der Waals surface area contributed by atoms with Gasteiger partial charge in [-0.1, -0.05) is 42.5 Å². The van der Waals surface area contributed by atoms with Gasteiger partial charge in [-0.2, -0.15) is 0 Å². The van der Waals surface area contributed by atoms with Crippen LogP contribution in [0.15, 0.2) is 65.7 Å². The summed E-state index contributed by atoms with van der Waals surface area (Å²) in [5.74, 6) is -2.39. The molecular formula is C26H30NO8P. The van der Waals surface area contributed by atoms with Crippen LogP contribution in [0.4, 0.5) is 0 Å². The van der Waals surface area contributed by atoms with Gasteiger partial charge in [0.1, 0.15) is 12.1 Å². The van der Waals surface area contributed by atoms with Crippen molar-refractivity contribution in [1.29, 1.82) is 0 Å². The highest BCUT2D eigenvalue weighted by Crippen LogP contribution is 2.54. The molecule has 0 radical (unpaired) electrons. The number of esters is 1. The second-order valence-corrected chi connectivity index (χ2v) is 11.1. The number of fused-ring (bicyclic) bond motifs is 1. The van der Waals surface area contributed by atoms with Crippen LogP contribution in [0.5, 0.6) is 0 Å². The largest absolute Gasteiger partial charge is 0.480 e. The Kier molecular flexibility index (Phi) is 8.11. The standard InChI is InChI=1S/C26H30NO8P/c1-18(23(28)27-16-9-15-22(27)24(29)30)34-36(32,17-8-7-12-19-10-3-2-4-11-19)35-26-21-14-6-5-13-20(21)25(31)33-26/h2-6,10-11,13,18,22H,7-9,12,14-17H2,1H3,(H,29,30)/t18?,22-,36?/m0/s1. The molecule has 3 atom stereocenters. The van der Waals surface area contributed by atoms with E-state index in [9.17, 15) is 24.1 Å². The van der Waals surface area contributed by atoms with E-state index in [1.165, 1.54) is 11.8 Å². The third-order valence-corrected chi connectivity index (χ3v) is 8.34. The minimum atomic E-state index is -3.95. The van der Waals surface area contributed by atoms with Gasteiger partial charge in [0.05, 0.1) is 17.3 Å². The molecule has 3 aliphatic rings. The van der Waals surface area contributed by atoms with Gasteiger partial charge in [0.15, 0.2) is 0 Å². The van der Waals surface area contributed by atoms with Crippen LogP contribution in [-0.4, -0.2) is 52.7 Å². The lowest BCUT2D eigenvalue weighted by Crippen LogP contribution is -2.45. The van der Waals surface area contributed by atoms with Crippen molar-refractivity contribution in [3.05, 3.63) is 71.2 Å². The van der Waals surface area contributed by atoms with Gasteiger partial charge < -0.3 is 19.3 Å². The molecule has 2 heterocycles. The first-order chi connectivity index (χ1) is 17.3. The van der Waals surface area contributed by atoms with E-state index in [-0.39, 0.29) is 12.1 Å². The van der Waals surface area contributed by atoms with E-state index in [2.05, 4.69) is 0 Å². The first-order valence-corrected chi connectivity index (χ1v) is 13.9.